The van der Waals surface area contributed by atoms with Gasteiger partial charge in [0.2, 0.25) is 5.91 Å². The van der Waals surface area contributed by atoms with Crippen molar-refractivity contribution in [1.82, 2.24) is 10.6 Å². The molecule has 1 heterocycles. The second-order valence-electron chi connectivity index (χ2n) is 4.52. The van der Waals surface area contributed by atoms with E-state index in [0.29, 0.717) is 13.0 Å². The van der Waals surface area contributed by atoms with E-state index in [2.05, 4.69) is 10.6 Å². The number of carbonyl (C=O) groups is 1. The van der Waals surface area contributed by atoms with E-state index in [-0.39, 0.29) is 18.5 Å². The van der Waals surface area contributed by atoms with Crippen LogP contribution in [0.1, 0.15) is 18.1 Å². The highest BCUT2D eigenvalue weighted by molar-refractivity contribution is 5.82. The Morgan fingerprint density at radius 2 is 2.17 bits per heavy atom. The summed E-state index contributed by atoms with van der Waals surface area (Å²) in [4.78, 5) is 11.7. The first kappa shape index (κ1) is 13.0. The van der Waals surface area contributed by atoms with E-state index in [1.807, 2.05) is 30.3 Å². The Hall–Kier alpha value is -1.43. The lowest BCUT2D eigenvalue weighted by Crippen LogP contribution is -2.41. The average Bonchev–Trinajstić information content (AvgIpc) is 2.83. The van der Waals surface area contributed by atoms with Crippen LogP contribution in [-0.4, -0.2) is 41.4 Å². The van der Waals surface area contributed by atoms with Crippen LogP contribution in [0, 0.1) is 0 Å². The molecule has 1 aromatic carbocycles. The zero-order valence-corrected chi connectivity index (χ0v) is 10.0. The molecule has 0 bridgehead atoms. The highest BCUT2D eigenvalue weighted by Gasteiger charge is 2.28. The molecule has 4 N–H and O–H groups in total. The number of carbonyl (C=O) groups excluding carboxylic acids is 1. The minimum absolute atomic E-state index is 0.178. The third kappa shape index (κ3) is 3.29. The summed E-state index contributed by atoms with van der Waals surface area (Å²) < 4.78 is 0. The van der Waals surface area contributed by atoms with Crippen LogP contribution in [0.25, 0.3) is 0 Å². The Bertz CT molecular complexity index is 396. The van der Waals surface area contributed by atoms with Crippen LogP contribution in [0.15, 0.2) is 30.3 Å². The zero-order chi connectivity index (χ0) is 13.0. The number of amides is 1. The lowest BCUT2D eigenvalue weighted by atomic mass is 10.1. The van der Waals surface area contributed by atoms with Gasteiger partial charge in [-0.25, -0.2) is 0 Å². The summed E-state index contributed by atoms with van der Waals surface area (Å²) in [6.07, 6.45) is -0.742. The van der Waals surface area contributed by atoms with Gasteiger partial charge >= 0.3 is 0 Å². The number of β-amino-alcohol motifs (C(OH)–C–C–N with tert-alkyl or cyclic N) is 1. The molecule has 1 amide bonds. The fourth-order valence-corrected chi connectivity index (χ4v) is 2.03. The summed E-state index contributed by atoms with van der Waals surface area (Å²) in [5.74, 6) is -0.179. The Labute approximate surface area is 106 Å². The molecule has 2 rings (SSSR count). The van der Waals surface area contributed by atoms with Gasteiger partial charge in [0, 0.05) is 13.1 Å². The Morgan fingerprint density at radius 1 is 1.44 bits per heavy atom. The van der Waals surface area contributed by atoms with Gasteiger partial charge in [-0.15, -0.1) is 0 Å². The summed E-state index contributed by atoms with van der Waals surface area (Å²) in [6, 6.07) is 8.83. The largest absolute Gasteiger partial charge is 0.392 e. The van der Waals surface area contributed by atoms with Crippen LogP contribution in [0.4, 0.5) is 0 Å². The maximum atomic E-state index is 11.7. The van der Waals surface area contributed by atoms with Gasteiger partial charge in [0.15, 0.2) is 0 Å². The third-order valence-corrected chi connectivity index (χ3v) is 3.08. The molecule has 1 saturated heterocycles. The predicted octanol–water partition coefficient (Wildman–Crippen LogP) is -0.441. The molecule has 98 valence electrons. The topological polar surface area (TPSA) is 81.6 Å². The molecular weight excluding hydrogens is 232 g/mol. The molecule has 3 atom stereocenters. The quantitative estimate of drug-likeness (QED) is 0.584. The molecule has 0 radical (unpaired) electrons. The average molecular weight is 250 g/mol. The van der Waals surface area contributed by atoms with Crippen molar-refractivity contribution in [3.63, 3.8) is 0 Å². The molecule has 0 spiro atoms. The molecule has 1 aromatic rings. The van der Waals surface area contributed by atoms with Crippen LogP contribution < -0.4 is 10.6 Å². The van der Waals surface area contributed by atoms with Gasteiger partial charge < -0.3 is 20.8 Å². The molecule has 5 heteroatoms. The molecule has 18 heavy (non-hydrogen) atoms. The van der Waals surface area contributed by atoms with Gasteiger partial charge in [-0.2, -0.15) is 0 Å². The number of rotatable bonds is 4. The number of hydrogen-bond donors (Lipinski definition) is 4. The fourth-order valence-electron chi connectivity index (χ4n) is 2.03. The summed E-state index contributed by atoms with van der Waals surface area (Å²) in [5, 5.41) is 24.8. The fraction of sp³-hybridized carbons (Fsp3) is 0.462. The van der Waals surface area contributed by atoms with Gasteiger partial charge in [0.05, 0.1) is 18.2 Å². The Kier molecular flexibility index (Phi) is 4.30. The van der Waals surface area contributed by atoms with E-state index in [0.717, 1.165) is 5.56 Å². The second kappa shape index (κ2) is 5.95. The van der Waals surface area contributed by atoms with Crippen molar-refractivity contribution < 1.29 is 15.0 Å². The minimum Gasteiger partial charge on any atom is -0.392 e. The number of aliphatic hydroxyl groups excluding tert-OH is 2. The van der Waals surface area contributed by atoms with Gasteiger partial charge in [0.1, 0.15) is 0 Å². The molecule has 3 unspecified atom stereocenters. The highest BCUT2D eigenvalue weighted by atomic mass is 16.3. The van der Waals surface area contributed by atoms with Crippen LogP contribution in [0.2, 0.25) is 0 Å². The van der Waals surface area contributed by atoms with E-state index in [9.17, 15) is 15.0 Å². The van der Waals surface area contributed by atoms with E-state index in [1.165, 1.54) is 0 Å². The van der Waals surface area contributed by atoms with Gasteiger partial charge in [-0.3, -0.25) is 4.79 Å². The molecule has 0 aromatic heterocycles. The lowest BCUT2D eigenvalue weighted by molar-refractivity contribution is -0.123. The SMILES string of the molecule is O=C(NCC(O)c1ccccc1)C1CC(O)CN1. The van der Waals surface area contributed by atoms with Crippen LogP contribution in [0.5, 0.6) is 0 Å². The molecule has 1 aliphatic heterocycles. The van der Waals surface area contributed by atoms with Crippen LogP contribution in [0.3, 0.4) is 0 Å². The minimum atomic E-state index is -0.707. The molecule has 5 nitrogen and oxygen atoms in total. The number of nitrogens with one attached hydrogen (secondary N) is 2. The lowest BCUT2D eigenvalue weighted by Gasteiger charge is -2.15. The van der Waals surface area contributed by atoms with Crippen molar-refractivity contribution >= 4 is 5.91 Å². The Balaban J connectivity index is 1.79. The van der Waals surface area contributed by atoms with Crippen molar-refractivity contribution in [1.29, 1.82) is 0 Å². The van der Waals surface area contributed by atoms with Gasteiger partial charge in [-0.1, -0.05) is 30.3 Å². The smallest absolute Gasteiger partial charge is 0.237 e. The first-order chi connectivity index (χ1) is 8.66. The maximum absolute atomic E-state index is 11.7. The van der Waals surface area contributed by atoms with E-state index in [1.54, 1.807) is 0 Å². The predicted molar refractivity (Wildman–Crippen MR) is 66.8 cm³/mol. The van der Waals surface area contributed by atoms with E-state index in [4.69, 9.17) is 0 Å². The molecular formula is C13H18N2O3. The van der Waals surface area contributed by atoms with Gasteiger partial charge in [0.25, 0.3) is 0 Å². The standard InChI is InChI=1S/C13H18N2O3/c16-10-6-11(14-7-10)13(18)15-8-12(17)9-4-2-1-3-5-9/h1-5,10-12,14,16-17H,6-8H2,(H,15,18). The summed E-state index contributed by atoms with van der Waals surface area (Å²) in [5.41, 5.74) is 0.775. The molecule has 1 aliphatic rings. The van der Waals surface area contributed by atoms with Crippen LogP contribution >= 0.6 is 0 Å². The third-order valence-electron chi connectivity index (χ3n) is 3.08. The van der Waals surface area contributed by atoms with E-state index < -0.39 is 12.2 Å². The monoisotopic (exact) mass is 250 g/mol. The van der Waals surface area contributed by atoms with Crippen LogP contribution in [-0.2, 0) is 4.79 Å². The normalized spacial score (nSPS) is 24.8. The molecule has 0 aliphatic carbocycles. The summed E-state index contributed by atoms with van der Waals surface area (Å²) >= 11 is 0. The number of benzene rings is 1. The molecule has 0 saturated carbocycles. The summed E-state index contributed by atoms with van der Waals surface area (Å²) in [7, 11) is 0. The number of hydrogen-bond acceptors (Lipinski definition) is 4. The highest BCUT2D eigenvalue weighted by Crippen LogP contribution is 2.11. The summed E-state index contributed by atoms with van der Waals surface area (Å²) in [6.45, 7) is 0.621. The van der Waals surface area contributed by atoms with Gasteiger partial charge in [-0.05, 0) is 12.0 Å². The number of aliphatic hydroxyl groups is 2. The Morgan fingerprint density at radius 3 is 2.78 bits per heavy atom. The zero-order valence-electron chi connectivity index (χ0n) is 10.0. The van der Waals surface area contributed by atoms with Crippen molar-refractivity contribution in [2.75, 3.05) is 13.1 Å². The van der Waals surface area contributed by atoms with Crippen molar-refractivity contribution in [3.8, 4) is 0 Å². The first-order valence-electron chi connectivity index (χ1n) is 6.09. The molecule has 1 fully saturated rings. The second-order valence-corrected chi connectivity index (χ2v) is 4.52. The van der Waals surface area contributed by atoms with Crippen molar-refractivity contribution in [3.05, 3.63) is 35.9 Å². The van der Waals surface area contributed by atoms with Crippen molar-refractivity contribution in [2.45, 2.75) is 24.7 Å². The maximum Gasteiger partial charge on any atom is 0.237 e. The van der Waals surface area contributed by atoms with E-state index >= 15 is 0 Å². The first-order valence-corrected chi connectivity index (χ1v) is 6.09. The van der Waals surface area contributed by atoms with Crippen molar-refractivity contribution in [2.24, 2.45) is 0 Å².